The van der Waals surface area contributed by atoms with E-state index in [4.69, 9.17) is 14.2 Å². The lowest BCUT2D eigenvalue weighted by Crippen LogP contribution is -2.40. The number of allylic oxidation sites excluding steroid dienone is 1. The number of anilines is 1. The summed E-state index contributed by atoms with van der Waals surface area (Å²) in [5.41, 5.74) is 3.37. The number of carbonyl (C=O) groups is 1. The fourth-order valence-corrected chi connectivity index (χ4v) is 6.84. The Labute approximate surface area is 245 Å². The van der Waals surface area contributed by atoms with E-state index in [2.05, 4.69) is 38.0 Å². The van der Waals surface area contributed by atoms with Crippen molar-refractivity contribution in [2.24, 2.45) is 4.99 Å². The molecule has 0 spiro atoms. The predicted octanol–water partition coefficient (Wildman–Crippen LogP) is 4.57. The van der Waals surface area contributed by atoms with Gasteiger partial charge < -0.3 is 19.1 Å². The Morgan fingerprint density at radius 3 is 2.42 bits per heavy atom. The summed E-state index contributed by atoms with van der Waals surface area (Å²) in [5, 5.41) is 0. The molecule has 8 nitrogen and oxygen atoms in total. The van der Waals surface area contributed by atoms with Crippen molar-refractivity contribution in [3.8, 4) is 11.5 Å². The number of nitrogens with zero attached hydrogens (tertiary/aromatic N) is 3. The molecule has 1 saturated heterocycles. The second-order valence-corrected chi connectivity index (χ2v) is 11.5. The number of methoxy groups -OCH3 is 2. The molecule has 2 aromatic carbocycles. The van der Waals surface area contributed by atoms with E-state index in [0.717, 1.165) is 18.7 Å². The first-order valence-corrected chi connectivity index (χ1v) is 14.9. The van der Waals surface area contributed by atoms with Gasteiger partial charge in [-0.1, -0.05) is 39.4 Å². The molecule has 1 fully saturated rings. The molecule has 10 heteroatoms. The van der Waals surface area contributed by atoms with Crippen molar-refractivity contribution in [2.45, 2.75) is 39.2 Å². The molecule has 0 amide bonds. The van der Waals surface area contributed by atoms with Gasteiger partial charge in [0.2, 0.25) is 0 Å². The number of thiazole rings is 1. The number of esters is 1. The summed E-state index contributed by atoms with van der Waals surface area (Å²) in [6, 6.07) is 11.1. The van der Waals surface area contributed by atoms with Crippen molar-refractivity contribution in [1.29, 1.82) is 0 Å². The van der Waals surface area contributed by atoms with Gasteiger partial charge in [0.05, 0.1) is 42.7 Å². The van der Waals surface area contributed by atoms with Gasteiger partial charge >= 0.3 is 5.97 Å². The molecule has 2 aliphatic rings. The van der Waals surface area contributed by atoms with Crippen molar-refractivity contribution in [2.75, 3.05) is 38.8 Å². The summed E-state index contributed by atoms with van der Waals surface area (Å²) in [6.07, 6.45) is 5.60. The third-order valence-electron chi connectivity index (χ3n) is 7.23. The molecule has 0 N–H and O–H groups in total. The minimum Gasteiger partial charge on any atom is -0.493 e. The number of rotatable bonds is 7. The Morgan fingerprint density at radius 1 is 1.10 bits per heavy atom. The van der Waals surface area contributed by atoms with Crippen LogP contribution in [-0.4, -0.2) is 44.5 Å². The molecule has 40 heavy (non-hydrogen) atoms. The lowest BCUT2D eigenvalue weighted by atomic mass is 9.95. The molecular weight excluding hydrogens is 594 g/mol. The van der Waals surface area contributed by atoms with Gasteiger partial charge in [0, 0.05) is 23.2 Å². The van der Waals surface area contributed by atoms with Crippen molar-refractivity contribution < 1.29 is 19.0 Å². The van der Waals surface area contributed by atoms with Gasteiger partial charge in [-0.15, -0.1) is 0 Å². The smallest absolute Gasteiger partial charge is 0.338 e. The minimum atomic E-state index is -0.770. The van der Waals surface area contributed by atoms with Crippen LogP contribution in [0.5, 0.6) is 11.5 Å². The number of carbonyl (C=O) groups excluding carboxylic acids is 1. The van der Waals surface area contributed by atoms with E-state index < -0.39 is 12.0 Å². The van der Waals surface area contributed by atoms with Crippen LogP contribution in [0.4, 0.5) is 5.69 Å². The highest BCUT2D eigenvalue weighted by molar-refractivity contribution is 9.10. The summed E-state index contributed by atoms with van der Waals surface area (Å²) in [4.78, 5) is 34.8. The molecule has 1 aromatic heterocycles. The Balaban J connectivity index is 1.64. The van der Waals surface area contributed by atoms with Crippen LogP contribution in [0.25, 0.3) is 6.08 Å². The third kappa shape index (κ3) is 5.34. The van der Waals surface area contributed by atoms with Crippen molar-refractivity contribution >= 4 is 45.0 Å². The molecule has 0 radical (unpaired) electrons. The summed E-state index contributed by atoms with van der Waals surface area (Å²) in [5.74, 6) is 0.490. The van der Waals surface area contributed by atoms with Crippen LogP contribution in [0, 0.1) is 0 Å². The maximum absolute atomic E-state index is 14.0. The van der Waals surface area contributed by atoms with Crippen molar-refractivity contribution in [1.82, 2.24) is 4.57 Å². The number of aromatic nitrogens is 1. The molecule has 0 unspecified atom stereocenters. The van der Waals surface area contributed by atoms with E-state index in [-0.39, 0.29) is 12.2 Å². The fourth-order valence-electron chi connectivity index (χ4n) is 5.25. The normalized spacial score (nSPS) is 17.4. The summed E-state index contributed by atoms with van der Waals surface area (Å²) in [6.45, 7) is 5.87. The zero-order valence-electron chi connectivity index (χ0n) is 23.0. The Bertz CT molecular complexity index is 1640. The van der Waals surface area contributed by atoms with Crippen molar-refractivity contribution in [3.05, 3.63) is 83.0 Å². The molecule has 0 bridgehead atoms. The van der Waals surface area contributed by atoms with E-state index in [9.17, 15) is 9.59 Å². The van der Waals surface area contributed by atoms with Crippen LogP contribution in [0.3, 0.4) is 0 Å². The van der Waals surface area contributed by atoms with E-state index >= 15 is 0 Å². The van der Waals surface area contributed by atoms with Gasteiger partial charge in [0.15, 0.2) is 16.3 Å². The highest BCUT2D eigenvalue weighted by Crippen LogP contribution is 2.40. The van der Waals surface area contributed by atoms with Crippen LogP contribution < -0.4 is 29.3 Å². The second-order valence-electron chi connectivity index (χ2n) is 9.67. The average Bonchev–Trinajstić information content (AvgIpc) is 3.27. The summed E-state index contributed by atoms with van der Waals surface area (Å²) >= 11 is 4.94. The summed E-state index contributed by atoms with van der Waals surface area (Å²) < 4.78 is 19.2. The number of fused-ring (bicyclic) bond motifs is 1. The number of hydrogen-bond donors (Lipinski definition) is 0. The Kier molecular flexibility index (Phi) is 8.46. The zero-order valence-corrected chi connectivity index (χ0v) is 25.4. The molecule has 1 atom stereocenters. The molecule has 5 rings (SSSR count). The van der Waals surface area contributed by atoms with Gasteiger partial charge in [-0.3, -0.25) is 9.36 Å². The maximum atomic E-state index is 14.0. The Morgan fingerprint density at radius 2 is 1.77 bits per heavy atom. The van der Waals surface area contributed by atoms with E-state index in [0.29, 0.717) is 42.1 Å². The van der Waals surface area contributed by atoms with Gasteiger partial charge in [0.1, 0.15) is 0 Å². The second kappa shape index (κ2) is 12.0. The monoisotopic (exact) mass is 625 g/mol. The number of ether oxygens (including phenoxy) is 3. The molecule has 3 aromatic rings. The first-order valence-electron chi connectivity index (χ1n) is 13.3. The zero-order chi connectivity index (χ0) is 28.4. The van der Waals surface area contributed by atoms with Gasteiger partial charge in [-0.25, -0.2) is 9.79 Å². The van der Waals surface area contributed by atoms with Crippen LogP contribution in [-0.2, 0) is 9.53 Å². The van der Waals surface area contributed by atoms with E-state index in [1.54, 1.807) is 44.8 Å². The number of hydrogen-bond acceptors (Lipinski definition) is 8. The lowest BCUT2D eigenvalue weighted by Gasteiger charge is -2.28. The fraction of sp³-hybridized carbons (Fsp3) is 0.367. The minimum absolute atomic E-state index is 0.202. The first-order chi connectivity index (χ1) is 19.4. The maximum Gasteiger partial charge on any atom is 0.338 e. The molecule has 0 saturated carbocycles. The molecular formula is C30H32BrN3O5S. The topological polar surface area (TPSA) is 82.4 Å². The standard InChI is InChI=1S/C30H32BrN3O5S/c1-5-39-29(36)26-18(2)32-30-34(27(26)21-16-23(37-3)24(38-4)17-22(21)31)28(35)25(40-30)15-19-9-11-20(12-10-19)33-13-7-6-8-14-33/h9-12,15-17,27H,5-8,13-14H2,1-4H3/b25-15+/t27-/m0/s1. The molecule has 3 heterocycles. The van der Waals surface area contributed by atoms with Crippen LogP contribution in [0.15, 0.2) is 61.9 Å². The van der Waals surface area contributed by atoms with Crippen LogP contribution >= 0.6 is 27.3 Å². The van der Waals surface area contributed by atoms with Crippen LogP contribution in [0.2, 0.25) is 0 Å². The first kappa shape index (κ1) is 28.2. The third-order valence-corrected chi connectivity index (χ3v) is 8.90. The highest BCUT2D eigenvalue weighted by Gasteiger charge is 2.35. The molecule has 210 valence electrons. The number of halogens is 1. The Hall–Kier alpha value is -3.37. The largest absolute Gasteiger partial charge is 0.493 e. The van der Waals surface area contributed by atoms with Crippen LogP contribution in [0.1, 0.15) is 50.3 Å². The summed E-state index contributed by atoms with van der Waals surface area (Å²) in [7, 11) is 3.10. The highest BCUT2D eigenvalue weighted by atomic mass is 79.9. The molecule has 0 aliphatic carbocycles. The SMILES string of the molecule is CCOC(=O)C1=C(C)N=c2s/c(=C/c3ccc(N4CCCCC4)cc3)c(=O)n2[C@H]1c1cc(OC)c(OC)cc1Br. The lowest BCUT2D eigenvalue weighted by molar-refractivity contribution is -0.139. The van der Waals surface area contributed by atoms with Gasteiger partial charge in [-0.05, 0) is 74.6 Å². The number of benzene rings is 2. The average molecular weight is 627 g/mol. The van der Waals surface area contributed by atoms with Crippen molar-refractivity contribution in [3.63, 3.8) is 0 Å². The quantitative estimate of drug-likeness (QED) is 0.358. The van der Waals surface area contributed by atoms with Gasteiger partial charge in [-0.2, -0.15) is 0 Å². The van der Waals surface area contributed by atoms with Gasteiger partial charge in [0.25, 0.3) is 5.56 Å². The number of piperidine rings is 1. The van der Waals surface area contributed by atoms with E-state index in [1.165, 1.54) is 36.3 Å². The van der Waals surface area contributed by atoms with E-state index in [1.807, 2.05) is 18.2 Å². The molecule has 2 aliphatic heterocycles. The predicted molar refractivity (Wildman–Crippen MR) is 160 cm³/mol.